The summed E-state index contributed by atoms with van der Waals surface area (Å²) in [6.07, 6.45) is 0.878. The minimum absolute atomic E-state index is 0.142. The molecule has 0 aliphatic carbocycles. The van der Waals surface area contributed by atoms with Gasteiger partial charge in [-0.25, -0.2) is 21.8 Å². The van der Waals surface area contributed by atoms with Crippen LogP contribution in [-0.4, -0.2) is 44.5 Å². The molecule has 12 heteroatoms. The zero-order valence-electron chi connectivity index (χ0n) is 10.1. The number of sulfonamides is 1. The average Bonchev–Trinajstić information content (AvgIpc) is 2.24. The summed E-state index contributed by atoms with van der Waals surface area (Å²) in [5.74, 6) is -1.91. The Bertz CT molecular complexity index is 731. The number of halogens is 1. The normalized spacial score (nSPS) is 12.1. The first-order valence-corrected chi connectivity index (χ1v) is 9.08. The molecule has 0 radical (unpaired) electrons. The van der Waals surface area contributed by atoms with Crippen LogP contribution in [-0.2, 0) is 19.9 Å². The van der Waals surface area contributed by atoms with Crippen molar-refractivity contribution in [2.45, 2.75) is 0 Å². The van der Waals surface area contributed by atoms with Gasteiger partial charge in [-0.05, 0) is 6.07 Å². The number of sulfone groups is 1. The Balaban J connectivity index is 3.03. The number of aromatic nitrogens is 1. The summed E-state index contributed by atoms with van der Waals surface area (Å²) in [7, 11) is -7.58. The first kappa shape index (κ1) is 16.6. The van der Waals surface area contributed by atoms with Gasteiger partial charge in [-0.1, -0.05) is 11.6 Å². The highest BCUT2D eigenvalue weighted by Gasteiger charge is 2.22. The van der Waals surface area contributed by atoms with Crippen LogP contribution in [0.25, 0.3) is 0 Å². The topological polar surface area (TPSA) is 136 Å². The molecule has 112 valence electrons. The van der Waals surface area contributed by atoms with E-state index in [-0.39, 0.29) is 5.15 Å². The summed E-state index contributed by atoms with van der Waals surface area (Å²) in [5.41, 5.74) is -0.586. The van der Waals surface area contributed by atoms with Crippen molar-refractivity contribution in [2.75, 3.05) is 22.5 Å². The molecule has 9 nitrogen and oxygen atoms in total. The van der Waals surface area contributed by atoms with Crippen molar-refractivity contribution >= 4 is 43.0 Å². The Morgan fingerprint density at radius 3 is 2.40 bits per heavy atom. The number of nitrogens with one attached hydrogen (secondary N) is 1. The molecule has 20 heavy (non-hydrogen) atoms. The maximum atomic E-state index is 11.7. The number of nitro groups is 1. The lowest BCUT2D eigenvalue weighted by Crippen LogP contribution is -2.23. The smallest absolute Gasteiger partial charge is 0.261 e. The van der Waals surface area contributed by atoms with Crippen molar-refractivity contribution in [3.63, 3.8) is 0 Å². The van der Waals surface area contributed by atoms with Gasteiger partial charge in [0, 0.05) is 12.3 Å². The van der Waals surface area contributed by atoms with Crippen LogP contribution in [0.4, 0.5) is 11.5 Å². The summed E-state index contributed by atoms with van der Waals surface area (Å²) in [5, 5.41) is 10.6. The van der Waals surface area contributed by atoms with E-state index in [9.17, 15) is 26.9 Å². The number of anilines is 1. The van der Waals surface area contributed by atoms with Gasteiger partial charge in [0.15, 0.2) is 0 Å². The van der Waals surface area contributed by atoms with Crippen molar-refractivity contribution in [3.8, 4) is 0 Å². The van der Waals surface area contributed by atoms with Gasteiger partial charge in [0.2, 0.25) is 15.8 Å². The second kappa shape index (κ2) is 5.89. The van der Waals surface area contributed by atoms with E-state index in [2.05, 4.69) is 4.98 Å². The lowest BCUT2D eigenvalue weighted by atomic mass is 10.4. The molecule has 0 unspecified atom stereocenters. The van der Waals surface area contributed by atoms with E-state index in [1.54, 1.807) is 0 Å². The molecule has 1 aromatic heterocycles. The fourth-order valence-corrected chi connectivity index (χ4v) is 3.89. The Morgan fingerprint density at radius 1 is 1.30 bits per heavy atom. The molecule has 1 rings (SSSR count). The van der Waals surface area contributed by atoms with Crippen LogP contribution in [0.5, 0.6) is 0 Å². The summed E-state index contributed by atoms with van der Waals surface area (Å²) in [6.45, 7) is 0. The third kappa shape index (κ3) is 5.27. The lowest BCUT2D eigenvalue weighted by Gasteiger charge is -2.07. The van der Waals surface area contributed by atoms with Crippen LogP contribution >= 0.6 is 11.6 Å². The summed E-state index contributed by atoms with van der Waals surface area (Å²) in [4.78, 5) is 13.4. The van der Waals surface area contributed by atoms with Gasteiger partial charge in [-0.2, -0.15) is 0 Å². The van der Waals surface area contributed by atoms with Crippen LogP contribution < -0.4 is 4.72 Å². The quantitative estimate of drug-likeness (QED) is 0.449. The predicted octanol–water partition coefficient (Wildman–Crippen LogP) is 0.429. The van der Waals surface area contributed by atoms with Crippen molar-refractivity contribution in [3.05, 3.63) is 27.4 Å². The van der Waals surface area contributed by atoms with E-state index in [4.69, 9.17) is 11.6 Å². The molecular formula is C8H10ClN3O6S2. The largest absolute Gasteiger partial charge is 0.312 e. The molecule has 0 bridgehead atoms. The van der Waals surface area contributed by atoms with Gasteiger partial charge in [-0.15, -0.1) is 0 Å². The van der Waals surface area contributed by atoms with E-state index in [1.165, 1.54) is 0 Å². The first-order valence-electron chi connectivity index (χ1n) is 4.99. The molecule has 0 saturated heterocycles. The molecule has 0 atom stereocenters. The average molecular weight is 344 g/mol. The van der Waals surface area contributed by atoms with Crippen molar-refractivity contribution in [2.24, 2.45) is 0 Å². The molecule has 0 fully saturated rings. The van der Waals surface area contributed by atoms with Gasteiger partial charge < -0.3 is 0 Å². The molecule has 0 amide bonds. The van der Waals surface area contributed by atoms with Crippen molar-refractivity contribution < 1.29 is 21.8 Å². The van der Waals surface area contributed by atoms with Gasteiger partial charge in [0.25, 0.3) is 0 Å². The molecule has 0 aliphatic heterocycles. The van der Waals surface area contributed by atoms with Gasteiger partial charge in [-0.3, -0.25) is 14.8 Å². The molecular weight excluding hydrogens is 334 g/mol. The minimum Gasteiger partial charge on any atom is -0.261 e. The summed E-state index contributed by atoms with van der Waals surface area (Å²) in [6, 6.07) is 2.12. The van der Waals surface area contributed by atoms with Crippen LogP contribution in [0.1, 0.15) is 0 Å². The van der Waals surface area contributed by atoms with Gasteiger partial charge >= 0.3 is 5.69 Å². The van der Waals surface area contributed by atoms with Crippen LogP contribution in [0, 0.1) is 10.1 Å². The Hall–Kier alpha value is -1.46. The highest BCUT2D eigenvalue weighted by molar-refractivity contribution is 7.95. The monoisotopic (exact) mass is 343 g/mol. The molecule has 0 aromatic carbocycles. The Labute approximate surface area is 120 Å². The van der Waals surface area contributed by atoms with Crippen LogP contribution in [0.15, 0.2) is 12.1 Å². The maximum absolute atomic E-state index is 11.7. The number of nitrogens with zero attached hydrogens (tertiary/aromatic N) is 2. The fraction of sp³-hybridized carbons (Fsp3) is 0.375. The Morgan fingerprint density at radius 2 is 1.90 bits per heavy atom. The van der Waals surface area contributed by atoms with Crippen molar-refractivity contribution in [1.82, 2.24) is 4.98 Å². The van der Waals surface area contributed by atoms with Crippen molar-refractivity contribution in [1.29, 1.82) is 0 Å². The third-order valence-corrected chi connectivity index (χ3v) is 4.67. The summed E-state index contributed by atoms with van der Waals surface area (Å²) >= 11 is 5.54. The SMILES string of the molecule is CS(=O)(=O)CCS(=O)(=O)Nc1nc(Cl)ccc1[N+](=O)[O-]. The second-order valence-corrected chi connectivity index (χ2v) is 8.30. The standard InChI is InChI=1S/C8H10ClN3O6S2/c1-19(15,16)4-5-20(17,18)11-8-6(12(13)14)2-3-7(9)10-8/h2-3H,4-5H2,1H3,(H,10,11). The Kier molecular flexibility index (Phi) is 4.89. The molecule has 1 N–H and O–H groups in total. The lowest BCUT2D eigenvalue weighted by molar-refractivity contribution is -0.384. The van der Waals surface area contributed by atoms with Crippen LogP contribution in [0.2, 0.25) is 5.15 Å². The van der Waals surface area contributed by atoms with E-state index in [0.29, 0.717) is 0 Å². The predicted molar refractivity (Wildman–Crippen MR) is 73.0 cm³/mol. The number of hydrogen-bond acceptors (Lipinski definition) is 7. The number of pyridine rings is 1. The first-order chi connectivity index (χ1) is 9.00. The van der Waals surface area contributed by atoms with Gasteiger partial charge in [0.05, 0.1) is 16.4 Å². The minimum atomic E-state index is -4.10. The molecule has 1 aromatic rings. The maximum Gasteiger partial charge on any atom is 0.312 e. The molecule has 0 aliphatic rings. The highest BCUT2D eigenvalue weighted by atomic mass is 35.5. The van der Waals surface area contributed by atoms with E-state index >= 15 is 0 Å². The highest BCUT2D eigenvalue weighted by Crippen LogP contribution is 2.24. The number of rotatable bonds is 6. The summed E-state index contributed by atoms with van der Waals surface area (Å²) < 4.78 is 47.0. The van der Waals surface area contributed by atoms with Crippen LogP contribution in [0.3, 0.4) is 0 Å². The number of hydrogen-bond donors (Lipinski definition) is 1. The molecule has 0 saturated carbocycles. The fourth-order valence-electron chi connectivity index (χ4n) is 1.11. The molecule has 1 heterocycles. The van der Waals surface area contributed by atoms with E-state index in [1.807, 2.05) is 4.72 Å². The molecule has 0 spiro atoms. The zero-order valence-corrected chi connectivity index (χ0v) is 12.5. The second-order valence-electron chi connectivity index (χ2n) is 3.81. The van der Waals surface area contributed by atoms with Gasteiger partial charge in [0.1, 0.15) is 15.0 Å². The zero-order chi connectivity index (χ0) is 15.6. The van der Waals surface area contributed by atoms with E-state index < -0.39 is 47.8 Å². The third-order valence-electron chi connectivity index (χ3n) is 2.01. The van der Waals surface area contributed by atoms with E-state index in [0.717, 1.165) is 18.4 Å².